The standard InChI is InChI=1S/C33H34O24/c34-9-3-7(1-2-12(9)53-31-22(43)16(37)18(39)24(54-31)28(45)46)13-6-11(36)15-10(35)4-8(5-14(15)52-13)51-33-27(21(42)20(41)26(56-33)30(49)50)57-32-23(44)17(38)19(40)25(55-32)29(47)48/h1-6,16-27,31-35,37-44H,(H,45,46)(H,47,48)(H,49,50). The molecule has 3 fully saturated rings. The third-order valence-corrected chi connectivity index (χ3v) is 9.23. The number of rotatable bonds is 10. The van der Waals surface area contributed by atoms with Crippen molar-refractivity contribution in [1.82, 2.24) is 0 Å². The molecule has 3 aliphatic rings. The number of benzene rings is 2. The Labute approximate surface area is 315 Å². The van der Waals surface area contributed by atoms with Crippen LogP contribution < -0.4 is 14.9 Å². The highest BCUT2D eigenvalue weighted by Crippen LogP contribution is 2.38. The van der Waals surface area contributed by atoms with Crippen LogP contribution in [0.15, 0.2) is 45.6 Å². The number of aliphatic carboxylic acids is 3. The maximum atomic E-state index is 13.1. The molecule has 3 aliphatic heterocycles. The fraction of sp³-hybridized carbons (Fsp3) is 0.455. The number of aromatic hydroxyl groups is 2. The SMILES string of the molecule is O=C(O)C1OC(Oc2ccc(-c3cc(=O)c4c(O)cc(OC5OC(C(=O)O)C(O)C(O)C5OC5OC(C(=O)O)C(O)C(O)C5O)cc4o3)cc2O)C(O)C(O)C1O. The smallest absolute Gasteiger partial charge is 0.335 e. The first-order valence-electron chi connectivity index (χ1n) is 16.5. The molecule has 3 saturated heterocycles. The highest BCUT2D eigenvalue weighted by molar-refractivity contribution is 5.86. The van der Waals surface area contributed by atoms with Crippen LogP contribution in [-0.2, 0) is 33.3 Å². The number of aliphatic hydroxyl groups is 8. The van der Waals surface area contributed by atoms with Crippen LogP contribution in [-0.4, -0.2) is 176 Å². The topological polar surface area (TPSA) is 400 Å². The lowest BCUT2D eigenvalue weighted by molar-refractivity contribution is -0.350. The molecule has 57 heavy (non-hydrogen) atoms. The summed E-state index contributed by atoms with van der Waals surface area (Å²) in [5.41, 5.74) is -1.27. The number of hydrogen-bond acceptors (Lipinski definition) is 21. The molecule has 3 aromatic rings. The fourth-order valence-electron chi connectivity index (χ4n) is 6.23. The summed E-state index contributed by atoms with van der Waals surface area (Å²) in [6.45, 7) is 0. The lowest BCUT2D eigenvalue weighted by Crippen LogP contribution is -2.66. The maximum absolute atomic E-state index is 13.1. The van der Waals surface area contributed by atoms with Gasteiger partial charge in [-0.25, -0.2) is 14.4 Å². The number of phenolic OH excluding ortho intramolecular Hbond substituents is 2. The first kappa shape index (κ1) is 41.4. The Morgan fingerprint density at radius 2 is 1.09 bits per heavy atom. The predicted molar refractivity (Wildman–Crippen MR) is 174 cm³/mol. The van der Waals surface area contributed by atoms with Gasteiger partial charge in [-0.2, -0.15) is 0 Å². The summed E-state index contributed by atoms with van der Waals surface area (Å²) < 4.78 is 37.7. The Kier molecular flexibility index (Phi) is 11.6. The summed E-state index contributed by atoms with van der Waals surface area (Å²) in [7, 11) is 0. The Morgan fingerprint density at radius 3 is 1.65 bits per heavy atom. The number of phenols is 2. The minimum atomic E-state index is -2.24. The maximum Gasteiger partial charge on any atom is 0.335 e. The highest BCUT2D eigenvalue weighted by atomic mass is 16.8. The largest absolute Gasteiger partial charge is 0.507 e. The van der Waals surface area contributed by atoms with Crippen LogP contribution in [0, 0.1) is 0 Å². The van der Waals surface area contributed by atoms with Crippen LogP contribution in [0.2, 0.25) is 0 Å². The van der Waals surface area contributed by atoms with E-state index in [1.807, 2.05) is 0 Å². The van der Waals surface area contributed by atoms with E-state index in [4.69, 9.17) is 32.8 Å². The van der Waals surface area contributed by atoms with Crippen LogP contribution in [0.5, 0.6) is 23.0 Å². The van der Waals surface area contributed by atoms with E-state index in [9.17, 15) is 85.6 Å². The van der Waals surface area contributed by atoms with Gasteiger partial charge in [0, 0.05) is 23.8 Å². The summed E-state index contributed by atoms with van der Waals surface area (Å²) in [6.07, 6.45) is -31.5. The van der Waals surface area contributed by atoms with Crippen LogP contribution in [0.3, 0.4) is 0 Å². The zero-order valence-electron chi connectivity index (χ0n) is 28.4. The molecular formula is C33H34O24. The Morgan fingerprint density at radius 1 is 0.561 bits per heavy atom. The van der Waals surface area contributed by atoms with Gasteiger partial charge in [-0.15, -0.1) is 0 Å². The van der Waals surface area contributed by atoms with E-state index < -0.39 is 149 Å². The zero-order valence-corrected chi connectivity index (χ0v) is 28.4. The van der Waals surface area contributed by atoms with E-state index in [2.05, 4.69) is 0 Å². The average Bonchev–Trinajstić information content (AvgIpc) is 3.14. The zero-order chi connectivity index (χ0) is 41.8. The molecule has 6 rings (SSSR count). The van der Waals surface area contributed by atoms with Gasteiger partial charge >= 0.3 is 17.9 Å². The number of aliphatic hydroxyl groups excluding tert-OH is 8. The second-order valence-corrected chi connectivity index (χ2v) is 13.0. The van der Waals surface area contributed by atoms with Gasteiger partial charge in [-0.1, -0.05) is 0 Å². The Hall–Kier alpha value is -5.22. The first-order valence-corrected chi connectivity index (χ1v) is 16.5. The number of hydrogen-bond donors (Lipinski definition) is 13. The van der Waals surface area contributed by atoms with Crippen molar-refractivity contribution in [1.29, 1.82) is 0 Å². The van der Waals surface area contributed by atoms with Crippen molar-refractivity contribution >= 4 is 28.9 Å². The second-order valence-electron chi connectivity index (χ2n) is 13.0. The molecule has 0 spiro atoms. The van der Waals surface area contributed by atoms with Gasteiger partial charge in [-0.05, 0) is 18.2 Å². The Bertz CT molecular complexity index is 2070. The van der Waals surface area contributed by atoms with Crippen molar-refractivity contribution < 1.29 is 114 Å². The van der Waals surface area contributed by atoms with Crippen molar-refractivity contribution in [2.45, 2.75) is 92.1 Å². The number of carbonyl (C=O) groups is 3. The molecule has 310 valence electrons. The fourth-order valence-corrected chi connectivity index (χ4v) is 6.23. The normalized spacial score (nSPS) is 35.7. The summed E-state index contributed by atoms with van der Waals surface area (Å²) in [4.78, 5) is 48.0. The molecule has 15 unspecified atom stereocenters. The van der Waals surface area contributed by atoms with Gasteiger partial charge in [0.25, 0.3) is 0 Å². The van der Waals surface area contributed by atoms with Crippen molar-refractivity contribution in [2.75, 3.05) is 0 Å². The van der Waals surface area contributed by atoms with Crippen LogP contribution in [0.4, 0.5) is 0 Å². The molecule has 24 nitrogen and oxygen atoms in total. The predicted octanol–water partition coefficient (Wildman–Crippen LogP) is -4.67. The van der Waals surface area contributed by atoms with Crippen LogP contribution >= 0.6 is 0 Å². The molecular weight excluding hydrogens is 780 g/mol. The minimum Gasteiger partial charge on any atom is -0.507 e. The number of carboxylic acids is 3. The molecule has 24 heteroatoms. The highest BCUT2D eigenvalue weighted by Gasteiger charge is 2.54. The molecule has 4 heterocycles. The quantitative estimate of drug-likeness (QED) is 0.0914. The van der Waals surface area contributed by atoms with Gasteiger partial charge in [0.15, 0.2) is 47.6 Å². The Balaban J connectivity index is 1.28. The van der Waals surface area contributed by atoms with Crippen molar-refractivity contribution in [2.24, 2.45) is 0 Å². The van der Waals surface area contributed by atoms with Gasteiger partial charge in [0.05, 0.1) is 0 Å². The van der Waals surface area contributed by atoms with E-state index >= 15 is 0 Å². The van der Waals surface area contributed by atoms with Gasteiger partial charge in [0.2, 0.25) is 12.6 Å². The van der Waals surface area contributed by atoms with E-state index in [0.29, 0.717) is 0 Å². The summed E-state index contributed by atoms with van der Waals surface area (Å²) in [5, 5.41) is 131. The molecule has 0 saturated carbocycles. The van der Waals surface area contributed by atoms with E-state index in [-0.39, 0.29) is 11.3 Å². The van der Waals surface area contributed by atoms with Gasteiger partial charge in [0.1, 0.15) is 77.1 Å². The first-order chi connectivity index (χ1) is 26.8. The summed E-state index contributed by atoms with van der Waals surface area (Å²) >= 11 is 0. The lowest BCUT2D eigenvalue weighted by atomic mass is 9.97. The summed E-state index contributed by atoms with van der Waals surface area (Å²) in [6, 6.07) is 6.03. The average molecular weight is 815 g/mol. The third-order valence-electron chi connectivity index (χ3n) is 9.23. The molecule has 0 amide bonds. The summed E-state index contributed by atoms with van der Waals surface area (Å²) in [5.74, 6) is -7.88. The molecule has 0 aliphatic carbocycles. The van der Waals surface area contributed by atoms with Crippen molar-refractivity contribution in [3.05, 3.63) is 46.6 Å². The molecule has 13 N–H and O–H groups in total. The minimum absolute atomic E-state index is 0.0165. The van der Waals surface area contributed by atoms with E-state index in [0.717, 1.165) is 30.3 Å². The molecule has 15 atom stereocenters. The molecule has 0 radical (unpaired) electrons. The monoisotopic (exact) mass is 814 g/mol. The third kappa shape index (κ3) is 7.89. The number of ether oxygens (including phenoxy) is 6. The molecule has 1 aromatic heterocycles. The van der Waals surface area contributed by atoms with Crippen molar-refractivity contribution in [3.63, 3.8) is 0 Å². The lowest BCUT2D eigenvalue weighted by Gasteiger charge is -2.44. The molecule has 0 bridgehead atoms. The van der Waals surface area contributed by atoms with Crippen LogP contribution in [0.1, 0.15) is 0 Å². The number of fused-ring (bicyclic) bond motifs is 1. The van der Waals surface area contributed by atoms with Crippen LogP contribution in [0.25, 0.3) is 22.3 Å². The van der Waals surface area contributed by atoms with Gasteiger partial charge < -0.3 is 99.2 Å². The van der Waals surface area contributed by atoms with Gasteiger partial charge in [-0.3, -0.25) is 4.79 Å². The number of carboxylic acid groups (broad SMARTS) is 3. The van der Waals surface area contributed by atoms with Crippen molar-refractivity contribution in [3.8, 4) is 34.3 Å². The second kappa shape index (κ2) is 16.0. The van der Waals surface area contributed by atoms with E-state index in [1.54, 1.807) is 0 Å². The van der Waals surface area contributed by atoms with E-state index in [1.165, 1.54) is 6.07 Å². The molecule has 2 aromatic carbocycles.